The Labute approximate surface area is 129 Å². The van der Waals surface area contributed by atoms with E-state index in [9.17, 15) is 0 Å². The standard InChI is InChI=1S/C16H31BrOSi/c1-2-13-18-19(14-17,15-9-5-3-6-10-15)16-11-7-4-8-12-16/h15-16H,2-14H2,1H3. The minimum Gasteiger partial charge on any atom is -0.415 e. The SMILES string of the molecule is CCCO[Si](CBr)(C1CCCCC1)C1CCCCC1. The van der Waals surface area contributed by atoms with E-state index in [1.165, 1.54) is 75.6 Å². The van der Waals surface area contributed by atoms with Crippen LogP contribution in [0.2, 0.25) is 11.1 Å². The molecule has 0 aliphatic heterocycles. The summed E-state index contributed by atoms with van der Waals surface area (Å²) in [6.45, 7) is 3.26. The fourth-order valence-electron chi connectivity index (χ4n) is 4.30. The molecule has 19 heavy (non-hydrogen) atoms. The highest BCUT2D eigenvalue weighted by atomic mass is 79.9. The van der Waals surface area contributed by atoms with Crippen LogP contribution in [-0.2, 0) is 4.43 Å². The molecule has 2 saturated carbocycles. The number of halogens is 1. The average Bonchev–Trinajstić information content (AvgIpc) is 2.51. The molecule has 0 radical (unpaired) electrons. The Morgan fingerprint density at radius 2 is 1.37 bits per heavy atom. The number of hydrogen-bond donors (Lipinski definition) is 0. The van der Waals surface area contributed by atoms with Crippen molar-refractivity contribution in [2.24, 2.45) is 0 Å². The molecular formula is C16H31BrOSi. The van der Waals surface area contributed by atoms with Gasteiger partial charge in [-0.15, -0.1) is 0 Å². The fraction of sp³-hybridized carbons (Fsp3) is 1.00. The minimum atomic E-state index is -1.57. The quantitative estimate of drug-likeness (QED) is 0.425. The van der Waals surface area contributed by atoms with E-state index < -0.39 is 8.32 Å². The van der Waals surface area contributed by atoms with Crippen LogP contribution in [0.4, 0.5) is 0 Å². The van der Waals surface area contributed by atoms with Crippen LogP contribution in [0.25, 0.3) is 0 Å². The van der Waals surface area contributed by atoms with Gasteiger partial charge in [0.2, 0.25) is 8.32 Å². The van der Waals surface area contributed by atoms with Crippen molar-refractivity contribution < 1.29 is 4.43 Å². The molecule has 0 aromatic heterocycles. The Kier molecular flexibility index (Phi) is 6.91. The first-order chi connectivity index (χ1) is 9.33. The van der Waals surface area contributed by atoms with Gasteiger partial charge in [-0.25, -0.2) is 0 Å². The largest absolute Gasteiger partial charge is 0.415 e. The lowest BCUT2D eigenvalue weighted by molar-refractivity contribution is 0.262. The Hall–Kier alpha value is 0.657. The van der Waals surface area contributed by atoms with E-state index in [2.05, 4.69) is 22.9 Å². The monoisotopic (exact) mass is 346 g/mol. The summed E-state index contributed by atoms with van der Waals surface area (Å²) < 4.78 is 6.70. The molecule has 2 fully saturated rings. The van der Waals surface area contributed by atoms with E-state index in [4.69, 9.17) is 4.43 Å². The third kappa shape index (κ3) is 3.85. The van der Waals surface area contributed by atoms with Gasteiger partial charge in [-0.2, -0.15) is 0 Å². The third-order valence-electron chi connectivity index (χ3n) is 5.38. The Balaban J connectivity index is 2.12. The topological polar surface area (TPSA) is 9.23 Å². The molecule has 0 bridgehead atoms. The van der Waals surface area contributed by atoms with Crippen LogP contribution in [0.3, 0.4) is 0 Å². The van der Waals surface area contributed by atoms with Gasteiger partial charge in [0, 0.05) is 11.6 Å². The Morgan fingerprint density at radius 3 is 1.74 bits per heavy atom. The molecule has 0 spiro atoms. The van der Waals surface area contributed by atoms with Crippen molar-refractivity contribution in [1.82, 2.24) is 0 Å². The van der Waals surface area contributed by atoms with Gasteiger partial charge in [-0.05, 0) is 17.5 Å². The van der Waals surface area contributed by atoms with Gasteiger partial charge in [0.25, 0.3) is 0 Å². The molecule has 1 nitrogen and oxygen atoms in total. The highest BCUT2D eigenvalue weighted by Crippen LogP contribution is 2.49. The lowest BCUT2D eigenvalue weighted by atomic mass is 9.99. The van der Waals surface area contributed by atoms with Gasteiger partial charge in [0.05, 0.1) is 0 Å². The molecule has 0 aromatic carbocycles. The summed E-state index contributed by atoms with van der Waals surface area (Å²) in [7, 11) is -1.57. The maximum absolute atomic E-state index is 6.70. The van der Waals surface area contributed by atoms with E-state index in [0.29, 0.717) is 0 Å². The summed E-state index contributed by atoms with van der Waals surface area (Å²) in [5.74, 6) is 0. The molecule has 0 saturated heterocycles. The first-order valence-electron chi connectivity index (χ1n) is 8.53. The van der Waals surface area contributed by atoms with Gasteiger partial charge in [-0.3, -0.25) is 0 Å². The zero-order valence-corrected chi connectivity index (χ0v) is 15.2. The van der Waals surface area contributed by atoms with Gasteiger partial charge in [0.1, 0.15) is 0 Å². The van der Waals surface area contributed by atoms with Crippen LogP contribution in [-0.4, -0.2) is 19.9 Å². The first-order valence-corrected chi connectivity index (χ1v) is 11.9. The Morgan fingerprint density at radius 1 is 0.895 bits per heavy atom. The first kappa shape index (κ1) is 16.0. The average molecular weight is 347 g/mol. The summed E-state index contributed by atoms with van der Waals surface area (Å²) in [5, 5.41) is 0. The van der Waals surface area contributed by atoms with Crippen molar-refractivity contribution in [2.75, 3.05) is 11.6 Å². The van der Waals surface area contributed by atoms with Crippen LogP contribution >= 0.6 is 15.9 Å². The summed E-state index contributed by atoms with van der Waals surface area (Å²) in [6.07, 6.45) is 15.7. The number of alkyl halides is 1. The van der Waals surface area contributed by atoms with E-state index in [1.807, 2.05) is 0 Å². The van der Waals surface area contributed by atoms with Gasteiger partial charge in [-0.1, -0.05) is 87.1 Å². The zero-order valence-electron chi connectivity index (χ0n) is 12.6. The molecule has 0 aromatic rings. The molecule has 112 valence electrons. The van der Waals surface area contributed by atoms with Crippen LogP contribution in [0.1, 0.15) is 77.6 Å². The molecule has 2 aliphatic carbocycles. The van der Waals surface area contributed by atoms with Crippen LogP contribution in [0.15, 0.2) is 0 Å². The highest BCUT2D eigenvalue weighted by molar-refractivity contribution is 9.09. The second-order valence-electron chi connectivity index (χ2n) is 6.61. The second-order valence-corrected chi connectivity index (χ2v) is 12.4. The van der Waals surface area contributed by atoms with E-state index >= 15 is 0 Å². The zero-order chi connectivity index (χ0) is 13.6. The molecule has 0 unspecified atom stereocenters. The van der Waals surface area contributed by atoms with E-state index in [0.717, 1.165) is 17.7 Å². The fourth-order valence-corrected chi connectivity index (χ4v) is 12.5. The van der Waals surface area contributed by atoms with Gasteiger partial charge >= 0.3 is 0 Å². The van der Waals surface area contributed by atoms with Crippen molar-refractivity contribution in [3.05, 3.63) is 0 Å². The molecule has 0 heterocycles. The number of rotatable bonds is 6. The third-order valence-corrected chi connectivity index (χ3v) is 13.1. The molecule has 0 N–H and O–H groups in total. The molecule has 3 heteroatoms. The van der Waals surface area contributed by atoms with Crippen molar-refractivity contribution in [1.29, 1.82) is 0 Å². The molecule has 2 rings (SSSR count). The highest BCUT2D eigenvalue weighted by Gasteiger charge is 2.48. The van der Waals surface area contributed by atoms with Crippen LogP contribution in [0.5, 0.6) is 0 Å². The Bertz CT molecular complexity index is 229. The van der Waals surface area contributed by atoms with Gasteiger partial charge < -0.3 is 4.43 Å². The van der Waals surface area contributed by atoms with Crippen molar-refractivity contribution in [2.45, 2.75) is 88.6 Å². The van der Waals surface area contributed by atoms with E-state index in [-0.39, 0.29) is 0 Å². The predicted octanol–water partition coefficient (Wildman–Crippen LogP) is 5.96. The summed E-state index contributed by atoms with van der Waals surface area (Å²) in [4.78, 5) is 1.19. The van der Waals surface area contributed by atoms with Crippen molar-refractivity contribution in [3.8, 4) is 0 Å². The molecule has 0 amide bonds. The summed E-state index contributed by atoms with van der Waals surface area (Å²) in [5.41, 5.74) is 1.88. The van der Waals surface area contributed by atoms with Crippen LogP contribution in [0, 0.1) is 0 Å². The maximum Gasteiger partial charge on any atom is 0.209 e. The van der Waals surface area contributed by atoms with Crippen molar-refractivity contribution >= 4 is 24.2 Å². The molecule has 2 aliphatic rings. The normalized spacial score (nSPS) is 23.7. The number of hydrogen-bond acceptors (Lipinski definition) is 1. The molecule has 0 atom stereocenters. The molecular weight excluding hydrogens is 316 g/mol. The summed E-state index contributed by atoms with van der Waals surface area (Å²) >= 11 is 3.91. The predicted molar refractivity (Wildman–Crippen MR) is 89.5 cm³/mol. The minimum absolute atomic E-state index is 0.940. The summed E-state index contributed by atoms with van der Waals surface area (Å²) in [6, 6.07) is 0. The van der Waals surface area contributed by atoms with Crippen LogP contribution < -0.4 is 0 Å². The van der Waals surface area contributed by atoms with Gasteiger partial charge in [0.15, 0.2) is 0 Å². The van der Waals surface area contributed by atoms with Crippen molar-refractivity contribution in [3.63, 3.8) is 0 Å². The maximum atomic E-state index is 6.70. The second kappa shape index (κ2) is 8.19. The smallest absolute Gasteiger partial charge is 0.209 e. The lowest BCUT2D eigenvalue weighted by Gasteiger charge is -2.46. The lowest BCUT2D eigenvalue weighted by Crippen LogP contribution is -2.51. The van der Waals surface area contributed by atoms with E-state index in [1.54, 1.807) is 0 Å².